The molecule has 91 heavy (non-hydrogen) atoms. The summed E-state index contributed by atoms with van der Waals surface area (Å²) in [6, 6.07) is 7.05. The first kappa shape index (κ1) is 64.2. The zero-order chi connectivity index (χ0) is 64.0. The highest BCUT2D eigenvalue weighted by atomic mass is 32.1. The Kier molecular flexibility index (Phi) is 20.0. The second-order valence-corrected chi connectivity index (χ2v) is 27.5. The molecule has 5 atom stereocenters. The molecule has 474 valence electrons. The van der Waals surface area contributed by atoms with Gasteiger partial charge in [0.05, 0.1) is 42.8 Å². The fourth-order valence-electron chi connectivity index (χ4n) is 10.7. The third-order valence-corrected chi connectivity index (χ3v) is 20.9. The van der Waals surface area contributed by atoms with Gasteiger partial charge in [0.25, 0.3) is 29.5 Å². The quantitative estimate of drug-likeness (QED) is 0.0528. The van der Waals surface area contributed by atoms with Crippen LogP contribution in [0.15, 0.2) is 63.3 Å². The number of fused-ring (bicyclic) bond motifs is 16. The molecule has 26 nitrogen and oxygen atoms in total. The summed E-state index contributed by atoms with van der Waals surface area (Å²) in [6.45, 7) is 4.00. The van der Waals surface area contributed by atoms with Crippen molar-refractivity contribution in [3.05, 3.63) is 112 Å². The maximum Gasteiger partial charge on any atom is 0.306 e. The molecule has 8 aromatic rings. The number of nitrogens with zero attached hydrogens (tertiary/aromatic N) is 8. The Bertz CT molecular complexity index is 4040. The topological polar surface area (TPSA) is 375 Å². The lowest BCUT2D eigenvalue weighted by Gasteiger charge is -2.29. The van der Waals surface area contributed by atoms with Crippen LogP contribution in [-0.2, 0) is 36.9 Å². The van der Waals surface area contributed by atoms with Crippen molar-refractivity contribution in [3.8, 4) is 49.1 Å². The number of amides is 7. The molecule has 0 spiro atoms. The first-order valence-corrected chi connectivity index (χ1v) is 34.0. The number of carbonyl (C=O) groups is 8. The minimum absolute atomic E-state index is 0.00423. The summed E-state index contributed by atoms with van der Waals surface area (Å²) >= 11 is 7.10. The summed E-state index contributed by atoms with van der Waals surface area (Å²) in [7, 11) is 1.58. The number of benzene rings is 1. The number of rotatable bonds is 15. The third kappa shape index (κ3) is 15.0. The summed E-state index contributed by atoms with van der Waals surface area (Å²) in [5, 5.41) is 46.0. The zero-order valence-corrected chi connectivity index (χ0v) is 53.9. The van der Waals surface area contributed by atoms with Gasteiger partial charge in [-0.2, -0.15) is 0 Å². The van der Waals surface area contributed by atoms with Crippen LogP contribution >= 0.6 is 68.0 Å². The van der Waals surface area contributed by atoms with E-state index in [-0.39, 0.29) is 72.3 Å². The fraction of sp³-hybridized carbons (Fsp3) is 0.373. The number of pyridine rings is 1. The Morgan fingerprint density at radius 3 is 2.19 bits per heavy atom. The van der Waals surface area contributed by atoms with Crippen molar-refractivity contribution in [3.63, 3.8) is 0 Å². The van der Waals surface area contributed by atoms with Crippen LogP contribution in [0.1, 0.15) is 125 Å². The monoisotopic (exact) mass is 1350 g/mol. The van der Waals surface area contributed by atoms with Crippen LogP contribution in [-0.4, -0.2) is 149 Å². The van der Waals surface area contributed by atoms with Crippen molar-refractivity contribution >= 4 is 115 Å². The van der Waals surface area contributed by atoms with Gasteiger partial charge in [-0.1, -0.05) is 19.1 Å². The molecule has 1 aliphatic carbocycles. The van der Waals surface area contributed by atoms with Crippen molar-refractivity contribution in [2.45, 2.75) is 95.6 Å². The summed E-state index contributed by atoms with van der Waals surface area (Å²) in [5.41, 5.74) is 8.59. The number of ether oxygens (including phenoxy) is 2. The molecule has 2 fully saturated rings. The maximum absolute atomic E-state index is 15.2. The lowest BCUT2D eigenvalue weighted by molar-refractivity contribution is -0.143. The van der Waals surface area contributed by atoms with E-state index in [1.54, 1.807) is 66.6 Å². The SMILES string of the molecule is COCCCNC(=O)COc1ccc(C[C@@H]2NC(=O)c3csc(n3)CNC(=O)c3nc(sc3C)[C@H](CC(N)=O)NC(=O)c3csc(n3)-c3ccc(-c4nc(C(=O)N[C@H]5CC[C@H](C(=O)O)CC5)cs4)nc3-c3csc(n3)-c3csc(n3)[C@@H]3[C@@H](C)[C@@H](O)CN3C2=O)cc1. The smallest absolute Gasteiger partial charge is 0.306 e. The van der Waals surface area contributed by atoms with Crippen LogP contribution in [0.4, 0.5) is 0 Å². The van der Waals surface area contributed by atoms with Crippen molar-refractivity contribution in [2.24, 2.45) is 17.6 Å². The van der Waals surface area contributed by atoms with E-state index in [4.69, 9.17) is 35.1 Å². The van der Waals surface area contributed by atoms with Crippen LogP contribution in [0.3, 0.4) is 0 Å². The molecular formula is C59H60N14O12S6. The highest BCUT2D eigenvalue weighted by molar-refractivity contribution is 7.15. The average molecular weight is 1350 g/mol. The van der Waals surface area contributed by atoms with Crippen molar-refractivity contribution in [2.75, 3.05) is 33.4 Å². The molecular weight excluding hydrogens is 1290 g/mol. The minimum atomic E-state index is -1.21. The first-order chi connectivity index (χ1) is 43.8. The van der Waals surface area contributed by atoms with E-state index in [1.165, 1.54) is 44.3 Å². The number of aromatic nitrogens is 7. The molecule has 2 aliphatic heterocycles. The number of aliphatic carboxylic acids is 1. The van der Waals surface area contributed by atoms with Crippen LogP contribution in [0.5, 0.6) is 5.75 Å². The third-order valence-electron chi connectivity index (χ3n) is 15.5. The molecule has 3 aliphatic rings. The number of hydrogen-bond acceptors (Lipinski definition) is 24. The molecule has 0 radical (unpaired) electrons. The molecule has 32 heteroatoms. The zero-order valence-electron chi connectivity index (χ0n) is 49.0. The first-order valence-electron chi connectivity index (χ1n) is 28.8. The Morgan fingerprint density at radius 2 is 1.43 bits per heavy atom. The van der Waals surface area contributed by atoms with Crippen molar-refractivity contribution in [1.29, 1.82) is 0 Å². The normalized spacial score (nSPS) is 20.4. The second-order valence-electron chi connectivity index (χ2n) is 21.8. The number of carbonyl (C=O) groups excluding carboxylic acids is 7. The van der Waals surface area contributed by atoms with Gasteiger partial charge in [-0.25, -0.2) is 34.9 Å². The Balaban J connectivity index is 0.927. The van der Waals surface area contributed by atoms with Crippen LogP contribution < -0.4 is 37.1 Å². The van der Waals surface area contributed by atoms with Crippen LogP contribution in [0.25, 0.3) is 43.4 Å². The van der Waals surface area contributed by atoms with Gasteiger partial charge in [-0.15, -0.1) is 68.0 Å². The molecule has 11 rings (SSSR count). The average Bonchev–Trinajstić information content (AvgIpc) is 1.67. The van der Waals surface area contributed by atoms with Gasteiger partial charge in [-0.3, -0.25) is 38.4 Å². The van der Waals surface area contributed by atoms with Gasteiger partial charge < -0.3 is 56.9 Å². The van der Waals surface area contributed by atoms with E-state index in [0.29, 0.717) is 115 Å². The highest BCUT2D eigenvalue weighted by Gasteiger charge is 2.45. The number of nitrogens with two attached hydrogens (primary N) is 1. The summed E-state index contributed by atoms with van der Waals surface area (Å²) < 4.78 is 10.8. The number of aliphatic hydroxyl groups is 1. The lowest BCUT2D eigenvalue weighted by Crippen LogP contribution is -2.50. The Morgan fingerprint density at radius 1 is 0.736 bits per heavy atom. The predicted molar refractivity (Wildman–Crippen MR) is 340 cm³/mol. The summed E-state index contributed by atoms with van der Waals surface area (Å²) in [6.07, 6.45) is 1.27. The molecule has 7 aromatic heterocycles. The highest BCUT2D eigenvalue weighted by Crippen LogP contribution is 2.43. The van der Waals surface area contributed by atoms with E-state index in [9.17, 15) is 43.8 Å². The molecule has 9 heterocycles. The van der Waals surface area contributed by atoms with Gasteiger partial charge in [0.1, 0.15) is 81.7 Å². The number of aliphatic hydroxyl groups excluding tert-OH is 1. The van der Waals surface area contributed by atoms with Gasteiger partial charge in [0, 0.05) is 82.5 Å². The van der Waals surface area contributed by atoms with E-state index in [2.05, 4.69) is 41.5 Å². The fourth-order valence-corrected chi connectivity index (χ4v) is 15.8. The maximum atomic E-state index is 15.2. The number of aryl methyl sites for hydroxylation is 1. The number of carboxylic acid groups (broad SMARTS) is 1. The largest absolute Gasteiger partial charge is 0.484 e. The lowest BCUT2D eigenvalue weighted by atomic mass is 9.86. The Hall–Kier alpha value is -8.37. The van der Waals surface area contributed by atoms with E-state index < -0.39 is 77.5 Å². The minimum Gasteiger partial charge on any atom is -0.484 e. The van der Waals surface area contributed by atoms with Crippen molar-refractivity contribution in [1.82, 2.24) is 66.4 Å². The number of nitrogens with one attached hydrogen (secondary N) is 5. The van der Waals surface area contributed by atoms with E-state index in [1.807, 2.05) is 12.3 Å². The van der Waals surface area contributed by atoms with E-state index >= 15 is 4.79 Å². The standard InChI is InChI=1S/C59H60N14O12S6/c1-27-42(74)20-73-48(27)57-71-41(26-90-57)55-68-37(22-88-55)47-33(13-14-34(65-47)54-70-39(25-89-54)49(77)63-31-9-7-30(8-10-31)59(82)83)53-69-40(24-87-53)51(79)66-35(18-43(60)75)56-72-46(28(2)91-56)52(80)62-19-45-64-38(23-86-45)50(78)67-36(58(73)81)17-29-5-11-32(12-6-29)85-21-44(76)61-15-4-16-84-3/h5-6,11-14,22-27,30-31,35-36,42,48,74H,4,7-10,15-21H2,1-3H3,(H2,60,75)(H,61,76)(H,62,80)(H,63,77)(H,66,79)(H,67,78)(H,82,83)/t27-,30-,31-,35-,36-,42-,48-/m0/s1. The van der Waals surface area contributed by atoms with Gasteiger partial charge in [-0.05, 0) is 68.9 Å². The molecule has 7 amide bonds. The number of carboxylic acids is 1. The van der Waals surface area contributed by atoms with E-state index in [0.717, 1.165) is 34.0 Å². The molecule has 1 aromatic carbocycles. The van der Waals surface area contributed by atoms with Gasteiger partial charge in [0.15, 0.2) is 6.61 Å². The second kappa shape index (κ2) is 28.4. The summed E-state index contributed by atoms with van der Waals surface area (Å²) in [5.74, 6) is -5.28. The summed E-state index contributed by atoms with van der Waals surface area (Å²) in [4.78, 5) is 143. The van der Waals surface area contributed by atoms with Crippen molar-refractivity contribution < 1.29 is 58.0 Å². The molecule has 1 saturated carbocycles. The molecule has 1 saturated heterocycles. The number of primary amides is 1. The van der Waals surface area contributed by atoms with Gasteiger partial charge >= 0.3 is 5.97 Å². The van der Waals surface area contributed by atoms with Gasteiger partial charge in [0.2, 0.25) is 11.8 Å². The van der Waals surface area contributed by atoms with Crippen LogP contribution in [0, 0.1) is 18.8 Å². The Labute approximate surface area is 543 Å². The number of methoxy groups -OCH3 is 1. The molecule has 0 unspecified atom stereocenters. The molecule has 9 N–H and O–H groups in total. The number of thiazole rings is 6. The predicted octanol–water partition coefficient (Wildman–Crippen LogP) is 6.21. The number of hydrogen-bond donors (Lipinski definition) is 8. The van der Waals surface area contributed by atoms with Crippen LogP contribution in [0.2, 0.25) is 0 Å². The molecule has 10 bridgehead atoms.